The van der Waals surface area contributed by atoms with E-state index in [-0.39, 0.29) is 44.1 Å². The lowest BCUT2D eigenvalue weighted by Gasteiger charge is -2.33. The number of amides is 1. The first-order valence-electron chi connectivity index (χ1n) is 8.86. The minimum absolute atomic E-state index is 0.0511. The summed E-state index contributed by atoms with van der Waals surface area (Å²) in [4.78, 5) is 18.3. The van der Waals surface area contributed by atoms with E-state index in [0.29, 0.717) is 10.8 Å². The molecule has 1 N–H and O–H groups in total. The largest absolute Gasteiger partial charge is 0.371 e. The predicted octanol–water partition coefficient (Wildman–Crippen LogP) is 3.67. The van der Waals surface area contributed by atoms with Gasteiger partial charge in [-0.05, 0) is 25.0 Å². The van der Waals surface area contributed by atoms with Crippen LogP contribution in [0, 0.1) is 5.92 Å². The Hall–Kier alpha value is -2.28. The molecule has 26 heavy (non-hydrogen) atoms. The van der Waals surface area contributed by atoms with Crippen molar-refractivity contribution in [2.24, 2.45) is 5.92 Å². The standard InChI is InChI=1S/C19H23F2N3O2/c20-19(21)8-11-23(12-9-19)16-7-10-22-17(13-16)18(25)24(26)14-15-5-3-1-2-4-6-15/h1,3-4,6-7,10,13,15,26H,2,5,8-9,11-12,14H2. The summed E-state index contributed by atoms with van der Waals surface area (Å²) in [7, 11) is 0. The molecule has 1 amide bonds. The van der Waals surface area contributed by atoms with Crippen molar-refractivity contribution >= 4 is 11.6 Å². The number of carbonyl (C=O) groups is 1. The van der Waals surface area contributed by atoms with Crippen molar-refractivity contribution in [2.75, 3.05) is 24.5 Å². The molecule has 3 rings (SSSR count). The molecule has 0 radical (unpaired) electrons. The van der Waals surface area contributed by atoms with E-state index >= 15 is 0 Å². The summed E-state index contributed by atoms with van der Waals surface area (Å²) in [5.41, 5.74) is 0.778. The molecule has 1 aromatic rings. The van der Waals surface area contributed by atoms with E-state index in [1.54, 1.807) is 12.1 Å². The first kappa shape index (κ1) is 18.5. The van der Waals surface area contributed by atoms with E-state index < -0.39 is 11.8 Å². The fourth-order valence-electron chi connectivity index (χ4n) is 3.19. The van der Waals surface area contributed by atoms with Gasteiger partial charge in [-0.2, -0.15) is 0 Å². The zero-order chi connectivity index (χ0) is 18.6. The molecule has 0 spiro atoms. The lowest BCUT2D eigenvalue weighted by molar-refractivity contribution is -0.0642. The quantitative estimate of drug-likeness (QED) is 0.504. The van der Waals surface area contributed by atoms with E-state index in [1.165, 1.54) is 6.20 Å². The molecule has 1 unspecified atom stereocenters. The molecule has 1 atom stereocenters. The number of halogens is 2. The fraction of sp³-hybridized carbons (Fsp3) is 0.474. The first-order chi connectivity index (χ1) is 12.4. The maximum Gasteiger partial charge on any atom is 0.295 e. The highest BCUT2D eigenvalue weighted by Gasteiger charge is 2.34. The molecule has 2 aliphatic rings. The van der Waals surface area contributed by atoms with Gasteiger partial charge in [-0.15, -0.1) is 0 Å². The maximum absolute atomic E-state index is 13.3. The molecule has 1 aromatic heterocycles. The van der Waals surface area contributed by atoms with Gasteiger partial charge in [-0.3, -0.25) is 15.0 Å². The second-order valence-electron chi connectivity index (χ2n) is 6.76. The monoisotopic (exact) mass is 363 g/mol. The highest BCUT2D eigenvalue weighted by atomic mass is 19.3. The summed E-state index contributed by atoms with van der Waals surface area (Å²) in [6.45, 7) is 0.640. The van der Waals surface area contributed by atoms with Crippen LogP contribution in [-0.2, 0) is 0 Å². The van der Waals surface area contributed by atoms with Gasteiger partial charge >= 0.3 is 0 Å². The predicted molar refractivity (Wildman–Crippen MR) is 94.5 cm³/mol. The third-order valence-corrected chi connectivity index (χ3v) is 4.75. The van der Waals surface area contributed by atoms with Gasteiger partial charge in [0.15, 0.2) is 0 Å². The molecule has 7 heteroatoms. The third kappa shape index (κ3) is 4.66. The molecule has 1 saturated heterocycles. The number of allylic oxidation sites excluding steroid dienone is 3. The average Bonchev–Trinajstić information content (AvgIpc) is 2.90. The number of pyridine rings is 1. The van der Waals surface area contributed by atoms with Crippen molar-refractivity contribution in [2.45, 2.75) is 31.6 Å². The Labute approximate surface area is 151 Å². The Morgan fingerprint density at radius 1 is 1.31 bits per heavy atom. The van der Waals surface area contributed by atoms with Crippen molar-refractivity contribution < 1.29 is 18.8 Å². The molecule has 1 fully saturated rings. The van der Waals surface area contributed by atoms with Gasteiger partial charge in [0.05, 0.1) is 6.54 Å². The summed E-state index contributed by atoms with van der Waals surface area (Å²) in [5, 5.41) is 10.8. The fourth-order valence-corrected chi connectivity index (χ4v) is 3.19. The van der Waals surface area contributed by atoms with Crippen LogP contribution < -0.4 is 4.90 Å². The van der Waals surface area contributed by atoms with Crippen LogP contribution in [0.2, 0.25) is 0 Å². The van der Waals surface area contributed by atoms with Crippen LogP contribution in [0.25, 0.3) is 0 Å². The molecule has 140 valence electrons. The van der Waals surface area contributed by atoms with Crippen LogP contribution in [0.1, 0.15) is 36.2 Å². The minimum Gasteiger partial charge on any atom is -0.371 e. The number of nitrogens with zero attached hydrogens (tertiary/aromatic N) is 3. The van der Waals surface area contributed by atoms with Crippen LogP contribution in [0.3, 0.4) is 0 Å². The van der Waals surface area contributed by atoms with Gasteiger partial charge in [-0.1, -0.05) is 24.3 Å². The zero-order valence-corrected chi connectivity index (χ0v) is 14.5. The minimum atomic E-state index is -2.62. The van der Waals surface area contributed by atoms with Crippen LogP contribution in [-0.4, -0.2) is 46.7 Å². The molecule has 2 heterocycles. The van der Waals surface area contributed by atoms with Crippen molar-refractivity contribution in [3.05, 3.63) is 48.3 Å². The van der Waals surface area contributed by atoms with Gasteiger partial charge in [0.25, 0.3) is 11.8 Å². The number of anilines is 1. The van der Waals surface area contributed by atoms with Gasteiger partial charge in [0, 0.05) is 43.7 Å². The van der Waals surface area contributed by atoms with E-state index in [0.717, 1.165) is 12.8 Å². The zero-order valence-electron chi connectivity index (χ0n) is 14.5. The molecule has 0 aromatic carbocycles. The maximum atomic E-state index is 13.3. The number of hydrogen-bond acceptors (Lipinski definition) is 4. The van der Waals surface area contributed by atoms with Crippen molar-refractivity contribution in [1.82, 2.24) is 10.0 Å². The highest BCUT2D eigenvalue weighted by Crippen LogP contribution is 2.30. The van der Waals surface area contributed by atoms with Crippen molar-refractivity contribution in [1.29, 1.82) is 0 Å². The lowest BCUT2D eigenvalue weighted by Crippen LogP contribution is -2.39. The van der Waals surface area contributed by atoms with E-state index in [1.807, 2.05) is 29.2 Å². The Morgan fingerprint density at radius 3 is 2.85 bits per heavy atom. The van der Waals surface area contributed by atoms with E-state index in [4.69, 9.17) is 0 Å². The second-order valence-corrected chi connectivity index (χ2v) is 6.76. The summed E-state index contributed by atoms with van der Waals surface area (Å²) in [6, 6.07) is 3.25. The van der Waals surface area contributed by atoms with Gasteiger partial charge in [0.1, 0.15) is 5.69 Å². The molecule has 0 bridgehead atoms. The van der Waals surface area contributed by atoms with Crippen LogP contribution >= 0.6 is 0 Å². The third-order valence-electron chi connectivity index (χ3n) is 4.75. The lowest BCUT2D eigenvalue weighted by atomic mass is 10.1. The summed E-state index contributed by atoms with van der Waals surface area (Å²) in [5.74, 6) is -3.16. The number of piperidine rings is 1. The Bertz CT molecular complexity index is 696. The van der Waals surface area contributed by atoms with Crippen molar-refractivity contribution in [3.8, 4) is 0 Å². The number of aromatic nitrogens is 1. The topological polar surface area (TPSA) is 56.7 Å². The molecule has 0 saturated carbocycles. The summed E-state index contributed by atoms with van der Waals surface area (Å²) < 4.78 is 26.6. The molecule has 1 aliphatic carbocycles. The average molecular weight is 363 g/mol. The van der Waals surface area contributed by atoms with Gasteiger partial charge < -0.3 is 4.90 Å². The Morgan fingerprint density at radius 2 is 2.08 bits per heavy atom. The van der Waals surface area contributed by atoms with Crippen LogP contribution in [0.5, 0.6) is 0 Å². The number of rotatable bonds is 4. The molecule has 5 nitrogen and oxygen atoms in total. The SMILES string of the molecule is O=C(c1cc(N2CCC(F)(F)CC2)ccn1)N(O)CC1C=CCC=CC1. The van der Waals surface area contributed by atoms with Gasteiger partial charge in [-0.25, -0.2) is 13.8 Å². The highest BCUT2D eigenvalue weighted by molar-refractivity contribution is 5.92. The normalized spacial score (nSPS) is 22.1. The molecular weight excluding hydrogens is 340 g/mol. The second kappa shape index (κ2) is 7.95. The first-order valence-corrected chi connectivity index (χ1v) is 8.86. The molecular formula is C19H23F2N3O2. The molecule has 1 aliphatic heterocycles. The summed E-state index contributed by atoms with van der Waals surface area (Å²) >= 11 is 0. The smallest absolute Gasteiger partial charge is 0.295 e. The van der Waals surface area contributed by atoms with Gasteiger partial charge in [0.2, 0.25) is 0 Å². The van der Waals surface area contributed by atoms with E-state index in [2.05, 4.69) is 4.98 Å². The van der Waals surface area contributed by atoms with Crippen molar-refractivity contribution in [3.63, 3.8) is 0 Å². The number of alkyl halides is 2. The Balaban J connectivity index is 1.65. The number of hydrogen-bond donors (Lipinski definition) is 1. The van der Waals surface area contributed by atoms with E-state index in [9.17, 15) is 18.8 Å². The number of hydroxylamine groups is 2. The van der Waals surface area contributed by atoms with Crippen LogP contribution in [0.4, 0.5) is 14.5 Å². The van der Waals surface area contributed by atoms with Crippen LogP contribution in [0.15, 0.2) is 42.6 Å². The number of carbonyl (C=O) groups excluding carboxylic acids is 1. The Kier molecular flexibility index (Phi) is 5.66. The summed E-state index contributed by atoms with van der Waals surface area (Å²) in [6.07, 6.45) is 10.8.